The first kappa shape index (κ1) is 11.6. The van der Waals surface area contributed by atoms with Gasteiger partial charge in [-0.3, -0.25) is 0 Å². The molecule has 0 bridgehead atoms. The van der Waals surface area contributed by atoms with Crippen LogP contribution < -0.4 is 0 Å². The third-order valence-electron chi connectivity index (χ3n) is 2.31. The number of aliphatic hydroxyl groups is 1. The normalized spacial score (nSPS) is 12.8. The summed E-state index contributed by atoms with van der Waals surface area (Å²) in [7, 11) is 0. The van der Waals surface area contributed by atoms with E-state index in [1.165, 1.54) is 17.4 Å². The van der Waals surface area contributed by atoms with Crippen LogP contribution in [0.4, 0.5) is 4.39 Å². The van der Waals surface area contributed by atoms with Gasteiger partial charge < -0.3 is 5.11 Å². The molecule has 1 heterocycles. The van der Waals surface area contributed by atoms with E-state index in [1.54, 1.807) is 18.2 Å². The number of thiophene rings is 1. The Morgan fingerprint density at radius 1 is 1.31 bits per heavy atom. The molecule has 0 saturated carbocycles. The second-order valence-electron chi connectivity index (χ2n) is 3.49. The van der Waals surface area contributed by atoms with Gasteiger partial charge in [0.1, 0.15) is 11.9 Å². The molecule has 1 nitrogen and oxygen atoms in total. The molecule has 84 valence electrons. The minimum Gasteiger partial charge on any atom is -0.383 e. The number of aliphatic hydroxyl groups excluding tert-OH is 1. The summed E-state index contributed by atoms with van der Waals surface area (Å²) in [5.41, 5.74) is 0.217. The summed E-state index contributed by atoms with van der Waals surface area (Å²) < 4.78 is 13.7. The summed E-state index contributed by atoms with van der Waals surface area (Å²) in [6.45, 7) is 1.94. The van der Waals surface area contributed by atoms with E-state index < -0.39 is 11.9 Å². The molecule has 1 N–H and O–H groups in total. The first-order chi connectivity index (χ1) is 7.59. The van der Waals surface area contributed by atoms with Gasteiger partial charge in [0.15, 0.2) is 0 Å². The van der Waals surface area contributed by atoms with Gasteiger partial charge in [-0.15, -0.1) is 11.3 Å². The quantitative estimate of drug-likeness (QED) is 0.863. The van der Waals surface area contributed by atoms with E-state index in [0.29, 0.717) is 0 Å². The van der Waals surface area contributed by atoms with E-state index in [1.807, 2.05) is 13.0 Å². The highest BCUT2D eigenvalue weighted by Gasteiger charge is 2.17. The van der Waals surface area contributed by atoms with Gasteiger partial charge >= 0.3 is 0 Å². The van der Waals surface area contributed by atoms with Gasteiger partial charge in [0.25, 0.3) is 0 Å². The van der Waals surface area contributed by atoms with Crippen LogP contribution in [0.25, 0.3) is 0 Å². The molecule has 1 atom stereocenters. The molecule has 2 aromatic rings. The van der Waals surface area contributed by atoms with E-state index in [-0.39, 0.29) is 10.6 Å². The standard InChI is InChI=1S/C12H10ClFOS/c1-7-5-6-10(16-7)12(15)8-3-2-4-9(13)11(8)14/h2-6,12,15H,1H3. The first-order valence-electron chi connectivity index (χ1n) is 4.78. The molecular weight excluding hydrogens is 247 g/mol. The van der Waals surface area contributed by atoms with Crippen LogP contribution in [0, 0.1) is 12.7 Å². The Morgan fingerprint density at radius 3 is 2.69 bits per heavy atom. The second-order valence-corrected chi connectivity index (χ2v) is 5.22. The summed E-state index contributed by atoms with van der Waals surface area (Å²) in [5.74, 6) is -0.553. The van der Waals surface area contributed by atoms with Gasteiger partial charge in [0, 0.05) is 15.3 Å². The molecule has 1 unspecified atom stereocenters. The zero-order valence-corrected chi connectivity index (χ0v) is 10.1. The summed E-state index contributed by atoms with van der Waals surface area (Å²) in [5, 5.41) is 10.1. The van der Waals surface area contributed by atoms with Gasteiger partial charge in [-0.05, 0) is 25.1 Å². The predicted molar refractivity (Wildman–Crippen MR) is 64.5 cm³/mol. The number of benzene rings is 1. The smallest absolute Gasteiger partial charge is 0.147 e. The molecule has 0 aliphatic heterocycles. The van der Waals surface area contributed by atoms with Crippen LogP contribution in [-0.2, 0) is 0 Å². The molecule has 0 aliphatic carbocycles. The number of rotatable bonds is 2. The molecule has 0 radical (unpaired) electrons. The maximum atomic E-state index is 13.7. The molecule has 0 aliphatic rings. The average molecular weight is 257 g/mol. The topological polar surface area (TPSA) is 20.2 Å². The van der Waals surface area contributed by atoms with E-state index in [2.05, 4.69) is 0 Å². The average Bonchev–Trinajstić information content (AvgIpc) is 2.68. The molecule has 2 rings (SSSR count). The van der Waals surface area contributed by atoms with Crippen molar-refractivity contribution in [1.29, 1.82) is 0 Å². The summed E-state index contributed by atoms with van der Waals surface area (Å²) in [6.07, 6.45) is -0.947. The summed E-state index contributed by atoms with van der Waals surface area (Å²) in [6, 6.07) is 8.33. The van der Waals surface area contributed by atoms with Crippen molar-refractivity contribution in [2.75, 3.05) is 0 Å². The molecule has 1 aromatic heterocycles. The van der Waals surface area contributed by atoms with Gasteiger partial charge in [-0.25, -0.2) is 4.39 Å². The Labute approximate surface area is 102 Å². The lowest BCUT2D eigenvalue weighted by Crippen LogP contribution is -2.00. The first-order valence-corrected chi connectivity index (χ1v) is 5.97. The monoisotopic (exact) mass is 256 g/mol. The Morgan fingerprint density at radius 2 is 2.06 bits per heavy atom. The van der Waals surface area contributed by atoms with Crippen molar-refractivity contribution in [3.63, 3.8) is 0 Å². The number of halogens is 2. The highest BCUT2D eigenvalue weighted by Crippen LogP contribution is 2.31. The minimum absolute atomic E-state index is 0.0322. The van der Waals surface area contributed by atoms with Crippen molar-refractivity contribution in [3.8, 4) is 0 Å². The lowest BCUT2D eigenvalue weighted by Gasteiger charge is -2.10. The molecule has 0 amide bonds. The lowest BCUT2D eigenvalue weighted by molar-refractivity contribution is 0.219. The summed E-state index contributed by atoms with van der Waals surface area (Å²) in [4.78, 5) is 1.80. The fourth-order valence-corrected chi connectivity index (χ4v) is 2.55. The largest absolute Gasteiger partial charge is 0.383 e. The molecule has 0 fully saturated rings. The molecule has 0 saturated heterocycles. The van der Waals surface area contributed by atoms with Gasteiger partial charge in [-0.2, -0.15) is 0 Å². The van der Waals surface area contributed by atoms with Crippen molar-refractivity contribution in [2.24, 2.45) is 0 Å². The van der Waals surface area contributed by atoms with E-state index in [0.717, 1.165) is 9.75 Å². The lowest BCUT2D eigenvalue weighted by atomic mass is 10.1. The Bertz CT molecular complexity index is 509. The number of hydrogen-bond acceptors (Lipinski definition) is 2. The van der Waals surface area contributed by atoms with E-state index in [9.17, 15) is 9.50 Å². The Kier molecular flexibility index (Phi) is 3.28. The predicted octanol–water partition coefficient (Wildman–Crippen LogP) is 3.93. The Balaban J connectivity index is 2.41. The number of aryl methyl sites for hydroxylation is 1. The van der Waals surface area contributed by atoms with Crippen LogP contribution in [0.5, 0.6) is 0 Å². The molecule has 16 heavy (non-hydrogen) atoms. The van der Waals surface area contributed by atoms with Crippen molar-refractivity contribution in [2.45, 2.75) is 13.0 Å². The van der Waals surface area contributed by atoms with Crippen molar-refractivity contribution in [3.05, 3.63) is 56.5 Å². The molecule has 1 aromatic carbocycles. The SMILES string of the molecule is Cc1ccc(C(O)c2cccc(Cl)c2F)s1. The Hall–Kier alpha value is -0.900. The van der Waals surface area contributed by atoms with E-state index in [4.69, 9.17) is 11.6 Å². The molecule has 0 spiro atoms. The van der Waals surface area contributed by atoms with Crippen LogP contribution in [0.3, 0.4) is 0 Å². The number of hydrogen-bond donors (Lipinski definition) is 1. The van der Waals surface area contributed by atoms with Crippen molar-refractivity contribution in [1.82, 2.24) is 0 Å². The zero-order valence-electron chi connectivity index (χ0n) is 8.58. The summed E-state index contributed by atoms with van der Waals surface area (Å²) >= 11 is 7.11. The highest BCUT2D eigenvalue weighted by molar-refractivity contribution is 7.12. The highest BCUT2D eigenvalue weighted by atomic mass is 35.5. The van der Waals surface area contributed by atoms with Gasteiger partial charge in [0.2, 0.25) is 0 Å². The fraction of sp³-hybridized carbons (Fsp3) is 0.167. The maximum Gasteiger partial charge on any atom is 0.147 e. The third kappa shape index (κ3) is 2.12. The second kappa shape index (κ2) is 4.53. The zero-order chi connectivity index (χ0) is 11.7. The van der Waals surface area contributed by atoms with Gasteiger partial charge in [0.05, 0.1) is 5.02 Å². The molecule has 4 heteroatoms. The minimum atomic E-state index is -0.947. The molecular formula is C12H10ClFOS. The van der Waals surface area contributed by atoms with Crippen molar-refractivity contribution >= 4 is 22.9 Å². The van der Waals surface area contributed by atoms with Crippen LogP contribution in [-0.4, -0.2) is 5.11 Å². The third-order valence-corrected chi connectivity index (χ3v) is 3.65. The van der Waals surface area contributed by atoms with Crippen LogP contribution >= 0.6 is 22.9 Å². The fourth-order valence-electron chi connectivity index (χ4n) is 1.49. The van der Waals surface area contributed by atoms with Crippen LogP contribution in [0.15, 0.2) is 30.3 Å². The maximum absolute atomic E-state index is 13.7. The van der Waals surface area contributed by atoms with Crippen LogP contribution in [0.1, 0.15) is 21.4 Å². The van der Waals surface area contributed by atoms with Crippen molar-refractivity contribution < 1.29 is 9.50 Å². The van der Waals surface area contributed by atoms with Crippen LogP contribution in [0.2, 0.25) is 5.02 Å². The van der Waals surface area contributed by atoms with E-state index >= 15 is 0 Å². The van der Waals surface area contributed by atoms with Gasteiger partial charge in [-0.1, -0.05) is 23.7 Å².